The Kier molecular flexibility index (Phi) is 3.12. The maximum absolute atomic E-state index is 11.4. The van der Waals surface area contributed by atoms with Crippen LogP contribution in [0.3, 0.4) is 0 Å². The molecule has 0 saturated heterocycles. The number of carbonyl (C=O) groups is 1. The molecule has 1 aromatic carbocycles. The summed E-state index contributed by atoms with van der Waals surface area (Å²) in [5.41, 5.74) is -0.553. The standard InChI is InChI=1S/C11H9ClN2O4/c1-18-7-3-2-5(12)4-6(7)9-8(11(16)17)10(15)14-13-9/h2-4H,1H3,(H,16,17)(H2,13,14,15). The van der Waals surface area contributed by atoms with Crippen molar-refractivity contribution in [3.05, 3.63) is 39.1 Å². The number of carboxylic acid groups (broad SMARTS) is 1. The molecule has 0 aliphatic heterocycles. The van der Waals surface area contributed by atoms with Crippen molar-refractivity contribution in [2.45, 2.75) is 0 Å². The largest absolute Gasteiger partial charge is 0.496 e. The highest BCUT2D eigenvalue weighted by atomic mass is 35.5. The summed E-state index contributed by atoms with van der Waals surface area (Å²) in [5, 5.41) is 14.2. The van der Waals surface area contributed by atoms with Crippen LogP contribution in [0.15, 0.2) is 23.0 Å². The molecule has 0 aliphatic rings. The van der Waals surface area contributed by atoms with Crippen LogP contribution in [0.4, 0.5) is 0 Å². The van der Waals surface area contributed by atoms with Gasteiger partial charge < -0.3 is 9.84 Å². The van der Waals surface area contributed by atoms with Crippen LogP contribution in [0.25, 0.3) is 11.3 Å². The Hall–Kier alpha value is -2.21. The highest BCUT2D eigenvalue weighted by molar-refractivity contribution is 6.31. The fourth-order valence-corrected chi connectivity index (χ4v) is 1.81. The molecule has 94 valence electrons. The fraction of sp³-hybridized carbons (Fsp3) is 0.0909. The molecule has 1 aromatic heterocycles. The predicted molar refractivity (Wildman–Crippen MR) is 65.4 cm³/mol. The normalized spacial score (nSPS) is 10.3. The van der Waals surface area contributed by atoms with E-state index in [9.17, 15) is 9.59 Å². The average Bonchev–Trinajstić information content (AvgIpc) is 2.71. The van der Waals surface area contributed by atoms with E-state index < -0.39 is 11.5 Å². The summed E-state index contributed by atoms with van der Waals surface area (Å²) in [4.78, 5) is 22.4. The van der Waals surface area contributed by atoms with Crippen LogP contribution in [0.2, 0.25) is 5.02 Å². The number of aromatic amines is 2. The van der Waals surface area contributed by atoms with Crippen molar-refractivity contribution in [3.63, 3.8) is 0 Å². The van der Waals surface area contributed by atoms with Gasteiger partial charge in [-0.25, -0.2) is 4.79 Å². The molecule has 0 spiro atoms. The van der Waals surface area contributed by atoms with Gasteiger partial charge in [0.25, 0.3) is 5.56 Å². The number of nitrogens with one attached hydrogen (secondary N) is 2. The van der Waals surface area contributed by atoms with Gasteiger partial charge in [0, 0.05) is 10.6 Å². The van der Waals surface area contributed by atoms with Crippen molar-refractivity contribution in [1.82, 2.24) is 10.2 Å². The lowest BCUT2D eigenvalue weighted by Gasteiger charge is -2.07. The van der Waals surface area contributed by atoms with Gasteiger partial charge in [0.1, 0.15) is 5.75 Å². The first-order valence-electron chi connectivity index (χ1n) is 4.92. The lowest BCUT2D eigenvalue weighted by Crippen LogP contribution is -2.12. The Morgan fingerprint density at radius 3 is 2.72 bits per heavy atom. The third-order valence-corrected chi connectivity index (χ3v) is 2.66. The number of hydrogen-bond acceptors (Lipinski definition) is 3. The zero-order valence-corrected chi connectivity index (χ0v) is 10.0. The van der Waals surface area contributed by atoms with Crippen molar-refractivity contribution in [1.29, 1.82) is 0 Å². The van der Waals surface area contributed by atoms with E-state index in [1.807, 2.05) is 0 Å². The van der Waals surface area contributed by atoms with E-state index in [2.05, 4.69) is 10.2 Å². The number of aromatic nitrogens is 2. The first-order chi connectivity index (χ1) is 8.54. The molecule has 7 heteroatoms. The number of benzene rings is 1. The van der Waals surface area contributed by atoms with Crippen LogP contribution >= 0.6 is 11.6 Å². The molecule has 0 bridgehead atoms. The van der Waals surface area contributed by atoms with Crippen molar-refractivity contribution in [2.24, 2.45) is 0 Å². The zero-order valence-electron chi connectivity index (χ0n) is 9.28. The maximum atomic E-state index is 11.4. The Bertz CT molecular complexity index is 659. The Balaban J connectivity index is 2.73. The second-order valence-corrected chi connectivity index (χ2v) is 3.92. The van der Waals surface area contributed by atoms with E-state index >= 15 is 0 Å². The smallest absolute Gasteiger partial charge is 0.343 e. The number of carboxylic acids is 1. The number of ether oxygens (including phenoxy) is 1. The summed E-state index contributed by atoms with van der Waals surface area (Å²) in [6.45, 7) is 0. The third kappa shape index (κ3) is 1.98. The van der Waals surface area contributed by atoms with Gasteiger partial charge in [-0.2, -0.15) is 0 Å². The molecule has 0 saturated carbocycles. The number of halogens is 1. The molecule has 0 fully saturated rings. The predicted octanol–water partition coefficient (Wildman–Crippen LogP) is 1.73. The highest BCUT2D eigenvalue weighted by Gasteiger charge is 2.21. The van der Waals surface area contributed by atoms with Crippen molar-refractivity contribution >= 4 is 17.6 Å². The van der Waals surface area contributed by atoms with Gasteiger partial charge in [-0.3, -0.25) is 15.0 Å². The van der Waals surface area contributed by atoms with Crippen LogP contribution < -0.4 is 10.3 Å². The van der Waals surface area contributed by atoms with Gasteiger partial charge in [-0.05, 0) is 18.2 Å². The molecule has 2 rings (SSSR count). The summed E-state index contributed by atoms with van der Waals surface area (Å²) in [7, 11) is 1.44. The summed E-state index contributed by atoms with van der Waals surface area (Å²) in [6.07, 6.45) is 0. The molecule has 3 N–H and O–H groups in total. The second kappa shape index (κ2) is 4.58. The fourth-order valence-electron chi connectivity index (χ4n) is 1.64. The number of hydrogen-bond donors (Lipinski definition) is 3. The van der Waals surface area contributed by atoms with Gasteiger partial charge >= 0.3 is 5.97 Å². The number of aromatic carboxylic acids is 1. The van der Waals surface area contributed by atoms with E-state index in [-0.39, 0.29) is 11.3 Å². The quantitative estimate of drug-likeness (QED) is 0.790. The minimum absolute atomic E-state index is 0.131. The van der Waals surface area contributed by atoms with E-state index in [4.69, 9.17) is 21.4 Å². The van der Waals surface area contributed by atoms with Crippen molar-refractivity contribution in [3.8, 4) is 17.0 Å². The SMILES string of the molecule is COc1ccc(Cl)cc1-c1[nH][nH]c(=O)c1C(=O)O. The van der Waals surface area contributed by atoms with Crippen molar-refractivity contribution < 1.29 is 14.6 Å². The Morgan fingerprint density at radius 1 is 1.39 bits per heavy atom. The molecule has 0 unspecified atom stereocenters. The molecule has 18 heavy (non-hydrogen) atoms. The van der Waals surface area contributed by atoms with E-state index in [1.54, 1.807) is 12.1 Å². The van der Waals surface area contributed by atoms with Gasteiger partial charge in [-0.15, -0.1) is 0 Å². The minimum Gasteiger partial charge on any atom is -0.496 e. The van der Waals surface area contributed by atoms with Crippen LogP contribution in [0.1, 0.15) is 10.4 Å². The summed E-state index contributed by atoms with van der Waals surface area (Å²) >= 11 is 5.86. The van der Waals surface area contributed by atoms with E-state index in [0.29, 0.717) is 16.3 Å². The molecule has 6 nitrogen and oxygen atoms in total. The Labute approximate surface area is 106 Å². The van der Waals surface area contributed by atoms with Gasteiger partial charge in [0.2, 0.25) is 0 Å². The molecule has 2 aromatic rings. The molecule has 0 aliphatic carbocycles. The molecule has 0 radical (unpaired) electrons. The molecule has 0 atom stereocenters. The molecular formula is C11H9ClN2O4. The summed E-state index contributed by atoms with van der Waals surface area (Å²) in [6, 6.07) is 4.72. The minimum atomic E-state index is -1.32. The average molecular weight is 269 g/mol. The van der Waals surface area contributed by atoms with Gasteiger partial charge in [-0.1, -0.05) is 11.6 Å². The summed E-state index contributed by atoms with van der Waals surface area (Å²) in [5.74, 6) is -0.910. The van der Waals surface area contributed by atoms with E-state index in [1.165, 1.54) is 13.2 Å². The monoisotopic (exact) mass is 268 g/mol. The highest BCUT2D eigenvalue weighted by Crippen LogP contribution is 2.32. The first-order valence-corrected chi connectivity index (χ1v) is 5.30. The van der Waals surface area contributed by atoms with Crippen LogP contribution in [0, 0.1) is 0 Å². The zero-order chi connectivity index (χ0) is 13.3. The van der Waals surface area contributed by atoms with Gasteiger partial charge in [0.15, 0.2) is 5.56 Å². The summed E-state index contributed by atoms with van der Waals surface area (Å²) < 4.78 is 5.11. The lowest BCUT2D eigenvalue weighted by atomic mass is 10.1. The maximum Gasteiger partial charge on any atom is 0.343 e. The Morgan fingerprint density at radius 2 is 2.11 bits per heavy atom. The third-order valence-electron chi connectivity index (χ3n) is 2.42. The van der Waals surface area contributed by atoms with Crippen LogP contribution in [0.5, 0.6) is 5.75 Å². The topological polar surface area (TPSA) is 95.2 Å². The lowest BCUT2D eigenvalue weighted by molar-refractivity contribution is 0.0696. The second-order valence-electron chi connectivity index (χ2n) is 3.48. The van der Waals surface area contributed by atoms with Crippen LogP contribution in [-0.4, -0.2) is 28.4 Å². The molecule has 1 heterocycles. The van der Waals surface area contributed by atoms with Crippen molar-refractivity contribution in [2.75, 3.05) is 7.11 Å². The number of rotatable bonds is 3. The first kappa shape index (κ1) is 12.3. The number of methoxy groups -OCH3 is 1. The van der Waals surface area contributed by atoms with Gasteiger partial charge in [0.05, 0.1) is 12.8 Å². The molecular weight excluding hydrogens is 260 g/mol. The molecule has 0 amide bonds. The van der Waals surface area contributed by atoms with E-state index in [0.717, 1.165) is 0 Å². The van der Waals surface area contributed by atoms with Crippen LogP contribution in [-0.2, 0) is 0 Å². The number of H-pyrrole nitrogens is 2.